The highest BCUT2D eigenvalue weighted by atomic mass is 16.5. The number of rotatable bonds is 5. The molecule has 0 aliphatic rings. The van der Waals surface area contributed by atoms with E-state index in [4.69, 9.17) is 13.6 Å². The minimum absolute atomic E-state index is 0.187. The molecule has 2 aromatic carbocycles. The average Bonchev–Trinajstić information content (AvgIpc) is 3.18. The summed E-state index contributed by atoms with van der Waals surface area (Å²) in [6, 6.07) is 19.0. The van der Waals surface area contributed by atoms with Gasteiger partial charge in [-0.25, -0.2) is 0 Å². The van der Waals surface area contributed by atoms with Gasteiger partial charge < -0.3 is 13.6 Å². The first-order valence-corrected chi connectivity index (χ1v) is 8.50. The number of hydrogen-bond acceptors (Lipinski definition) is 4. The van der Waals surface area contributed by atoms with E-state index < -0.39 is 0 Å². The van der Waals surface area contributed by atoms with E-state index in [1.54, 1.807) is 24.5 Å². The van der Waals surface area contributed by atoms with Crippen molar-refractivity contribution in [1.29, 1.82) is 0 Å². The van der Waals surface area contributed by atoms with E-state index in [0.29, 0.717) is 35.5 Å². The predicted molar refractivity (Wildman–Crippen MR) is 101 cm³/mol. The van der Waals surface area contributed by atoms with Gasteiger partial charge in [0, 0.05) is 6.42 Å². The van der Waals surface area contributed by atoms with E-state index in [0.717, 1.165) is 11.1 Å². The van der Waals surface area contributed by atoms with Gasteiger partial charge >= 0.3 is 0 Å². The first-order valence-electron chi connectivity index (χ1n) is 8.50. The first kappa shape index (κ1) is 16.2. The van der Waals surface area contributed by atoms with Gasteiger partial charge in [0.1, 0.15) is 5.58 Å². The maximum atomic E-state index is 13.0. The molecule has 26 heavy (non-hydrogen) atoms. The molecule has 4 nitrogen and oxygen atoms in total. The number of hydrogen-bond donors (Lipinski definition) is 0. The van der Waals surface area contributed by atoms with Gasteiger partial charge in [0.05, 0.1) is 18.3 Å². The molecule has 2 heterocycles. The van der Waals surface area contributed by atoms with Crippen LogP contribution < -0.4 is 10.2 Å². The van der Waals surface area contributed by atoms with E-state index in [2.05, 4.69) is 0 Å². The molecule has 2 aromatic heterocycles. The molecule has 0 aliphatic carbocycles. The lowest BCUT2D eigenvalue weighted by Gasteiger charge is -2.10. The fraction of sp³-hybridized carbons (Fsp3) is 0.136. The Hall–Kier alpha value is -3.27. The van der Waals surface area contributed by atoms with Crippen molar-refractivity contribution in [2.75, 3.05) is 6.61 Å². The normalized spacial score (nSPS) is 11.0. The van der Waals surface area contributed by atoms with Crippen molar-refractivity contribution in [3.05, 3.63) is 88.3 Å². The van der Waals surface area contributed by atoms with Crippen LogP contribution in [0.1, 0.15) is 11.1 Å². The number of furan rings is 1. The number of benzene rings is 2. The van der Waals surface area contributed by atoms with Crippen molar-refractivity contribution in [2.24, 2.45) is 0 Å². The predicted octanol–water partition coefficient (Wildman–Crippen LogP) is 4.98. The topological polar surface area (TPSA) is 52.6 Å². The third-order valence-electron chi connectivity index (χ3n) is 4.23. The number of aryl methyl sites for hydroxylation is 1. The lowest BCUT2D eigenvalue weighted by Crippen LogP contribution is -2.12. The summed E-state index contributed by atoms with van der Waals surface area (Å²) in [6.45, 7) is 2.33. The molecule has 0 atom stereocenters. The van der Waals surface area contributed by atoms with E-state index in [1.165, 1.54) is 0 Å². The molecule has 0 fully saturated rings. The Morgan fingerprint density at radius 1 is 1.00 bits per heavy atom. The zero-order valence-electron chi connectivity index (χ0n) is 14.4. The van der Waals surface area contributed by atoms with Gasteiger partial charge in [0.15, 0.2) is 5.76 Å². The van der Waals surface area contributed by atoms with Crippen LogP contribution in [-0.4, -0.2) is 6.61 Å². The van der Waals surface area contributed by atoms with E-state index >= 15 is 0 Å². The minimum atomic E-state index is -0.189. The van der Waals surface area contributed by atoms with Crippen LogP contribution in [0.3, 0.4) is 0 Å². The summed E-state index contributed by atoms with van der Waals surface area (Å²) >= 11 is 0. The monoisotopic (exact) mass is 346 g/mol. The van der Waals surface area contributed by atoms with Crippen LogP contribution in [0.15, 0.2) is 80.6 Å². The Kier molecular flexibility index (Phi) is 4.32. The molecule has 4 rings (SSSR count). The van der Waals surface area contributed by atoms with E-state index in [1.807, 2.05) is 49.4 Å². The molecule has 0 unspecified atom stereocenters. The average molecular weight is 346 g/mol. The van der Waals surface area contributed by atoms with Crippen LogP contribution >= 0.6 is 0 Å². The maximum Gasteiger partial charge on any atom is 0.235 e. The van der Waals surface area contributed by atoms with Crippen LogP contribution in [-0.2, 0) is 6.42 Å². The Labute approximate surface area is 150 Å². The molecule has 0 saturated carbocycles. The summed E-state index contributed by atoms with van der Waals surface area (Å²) in [5, 5.41) is 0.501. The van der Waals surface area contributed by atoms with Gasteiger partial charge in [-0.2, -0.15) is 0 Å². The Bertz CT molecular complexity index is 1080. The second-order valence-corrected chi connectivity index (χ2v) is 6.15. The molecule has 130 valence electrons. The Morgan fingerprint density at radius 2 is 1.85 bits per heavy atom. The van der Waals surface area contributed by atoms with Gasteiger partial charge in [0.25, 0.3) is 0 Å². The van der Waals surface area contributed by atoms with Crippen LogP contribution in [0.2, 0.25) is 0 Å². The Balaban J connectivity index is 1.74. The molecule has 0 N–H and O–H groups in total. The SMILES string of the molecule is Cc1ccc2c(=O)c(OCCc3ccccc3)c(-c3ccco3)oc2c1. The van der Waals surface area contributed by atoms with E-state index in [9.17, 15) is 4.79 Å². The third-order valence-corrected chi connectivity index (χ3v) is 4.23. The van der Waals surface area contributed by atoms with Crippen molar-refractivity contribution in [1.82, 2.24) is 0 Å². The van der Waals surface area contributed by atoms with Gasteiger partial charge in [-0.05, 0) is 42.3 Å². The Morgan fingerprint density at radius 3 is 2.62 bits per heavy atom. The minimum Gasteiger partial charge on any atom is -0.486 e. The molecule has 0 bridgehead atoms. The van der Waals surface area contributed by atoms with Crippen LogP contribution in [0.5, 0.6) is 5.75 Å². The molecular formula is C22H18O4. The number of fused-ring (bicyclic) bond motifs is 1. The largest absolute Gasteiger partial charge is 0.486 e. The highest BCUT2D eigenvalue weighted by Crippen LogP contribution is 2.31. The molecule has 0 amide bonds. The standard InChI is InChI=1S/C22H18O4/c1-15-9-10-17-19(14-15)26-21(18-8-5-12-24-18)22(20(17)23)25-13-11-16-6-3-2-4-7-16/h2-10,12,14H,11,13H2,1H3. The van der Waals surface area contributed by atoms with Crippen LogP contribution in [0, 0.1) is 6.92 Å². The highest BCUT2D eigenvalue weighted by Gasteiger charge is 2.19. The van der Waals surface area contributed by atoms with Gasteiger partial charge in [-0.1, -0.05) is 36.4 Å². The molecule has 0 aliphatic heterocycles. The van der Waals surface area contributed by atoms with Crippen molar-refractivity contribution in [2.45, 2.75) is 13.3 Å². The van der Waals surface area contributed by atoms with Gasteiger partial charge in [0.2, 0.25) is 16.9 Å². The summed E-state index contributed by atoms with van der Waals surface area (Å²) in [4.78, 5) is 13.0. The van der Waals surface area contributed by atoms with Gasteiger partial charge in [-0.3, -0.25) is 4.79 Å². The summed E-state index contributed by atoms with van der Waals surface area (Å²) in [5.74, 6) is 0.985. The fourth-order valence-corrected chi connectivity index (χ4v) is 2.90. The second-order valence-electron chi connectivity index (χ2n) is 6.15. The quantitative estimate of drug-likeness (QED) is 0.511. The smallest absolute Gasteiger partial charge is 0.235 e. The molecular weight excluding hydrogens is 328 g/mol. The zero-order valence-corrected chi connectivity index (χ0v) is 14.4. The molecule has 4 heteroatoms. The molecule has 0 saturated heterocycles. The summed E-state index contributed by atoms with van der Waals surface area (Å²) in [6.07, 6.45) is 2.24. The lowest BCUT2D eigenvalue weighted by atomic mass is 10.1. The summed E-state index contributed by atoms with van der Waals surface area (Å²) in [7, 11) is 0. The molecule has 4 aromatic rings. The molecule has 0 radical (unpaired) electrons. The highest BCUT2D eigenvalue weighted by molar-refractivity contribution is 5.81. The summed E-state index contributed by atoms with van der Waals surface area (Å²) < 4.78 is 17.3. The van der Waals surface area contributed by atoms with Crippen LogP contribution in [0.25, 0.3) is 22.5 Å². The summed E-state index contributed by atoms with van der Waals surface area (Å²) in [5.41, 5.74) is 2.50. The van der Waals surface area contributed by atoms with E-state index in [-0.39, 0.29) is 11.2 Å². The maximum absolute atomic E-state index is 13.0. The number of ether oxygens (including phenoxy) is 1. The van der Waals surface area contributed by atoms with Crippen molar-refractivity contribution in [3.8, 4) is 17.3 Å². The molecule has 0 spiro atoms. The van der Waals surface area contributed by atoms with Crippen LogP contribution in [0.4, 0.5) is 0 Å². The third kappa shape index (κ3) is 3.14. The lowest BCUT2D eigenvalue weighted by molar-refractivity contribution is 0.311. The second kappa shape index (κ2) is 6.92. The zero-order chi connectivity index (χ0) is 17.9. The van der Waals surface area contributed by atoms with Crippen molar-refractivity contribution in [3.63, 3.8) is 0 Å². The van der Waals surface area contributed by atoms with Crippen molar-refractivity contribution >= 4 is 11.0 Å². The van der Waals surface area contributed by atoms with Crippen molar-refractivity contribution < 1.29 is 13.6 Å². The first-order chi connectivity index (χ1) is 12.7. The van der Waals surface area contributed by atoms with Gasteiger partial charge in [-0.15, -0.1) is 0 Å². The fourth-order valence-electron chi connectivity index (χ4n) is 2.90.